The maximum absolute atomic E-state index is 13.1. The molecule has 4 saturated carbocycles. The van der Waals surface area contributed by atoms with Crippen molar-refractivity contribution in [3.63, 3.8) is 0 Å². The normalized spacial score (nSPS) is 50.6. The summed E-state index contributed by atoms with van der Waals surface area (Å²) < 4.78 is 5.40. The van der Waals surface area contributed by atoms with E-state index in [0.717, 1.165) is 50.5 Å². The molecule has 1 heterocycles. The van der Waals surface area contributed by atoms with Gasteiger partial charge in [0.1, 0.15) is 0 Å². The molecule has 6 heteroatoms. The van der Waals surface area contributed by atoms with E-state index in [1.54, 1.807) is 0 Å². The lowest BCUT2D eigenvalue weighted by molar-refractivity contribution is -0.195. The minimum atomic E-state index is -0.501. The van der Waals surface area contributed by atoms with Crippen molar-refractivity contribution < 1.29 is 19.7 Å². The Bertz CT molecular complexity index is 737. The van der Waals surface area contributed by atoms with Crippen LogP contribution in [0.15, 0.2) is 12.2 Å². The molecular formula is C24H38N2O4. The van der Waals surface area contributed by atoms with Crippen LogP contribution in [0.25, 0.3) is 0 Å². The van der Waals surface area contributed by atoms with Crippen LogP contribution in [0.4, 0.5) is 4.79 Å². The van der Waals surface area contributed by atoms with Crippen molar-refractivity contribution in [3.8, 4) is 0 Å². The first-order chi connectivity index (χ1) is 14.2. The first-order valence-electron chi connectivity index (χ1n) is 11.9. The highest BCUT2D eigenvalue weighted by atomic mass is 16.5. The van der Waals surface area contributed by atoms with E-state index in [9.17, 15) is 15.0 Å². The number of morpholine rings is 1. The highest BCUT2D eigenvalue weighted by Crippen LogP contribution is 2.70. The lowest BCUT2D eigenvalue weighted by Crippen LogP contribution is -2.68. The fraction of sp³-hybridized carbons (Fsp3) is 0.875. The second-order valence-corrected chi connectivity index (χ2v) is 11.3. The van der Waals surface area contributed by atoms with E-state index >= 15 is 0 Å². The molecule has 0 radical (unpaired) electrons. The first kappa shape index (κ1) is 20.8. The highest BCUT2D eigenvalue weighted by molar-refractivity contribution is 5.75. The van der Waals surface area contributed by atoms with Gasteiger partial charge in [0.15, 0.2) is 0 Å². The summed E-state index contributed by atoms with van der Waals surface area (Å²) in [5, 5.41) is 26.0. The lowest BCUT2D eigenvalue weighted by Gasteiger charge is -2.65. The number of ether oxygens (including phenoxy) is 1. The Kier molecular flexibility index (Phi) is 4.81. The fourth-order valence-electron chi connectivity index (χ4n) is 8.71. The van der Waals surface area contributed by atoms with E-state index in [-0.39, 0.29) is 34.2 Å². The average molecular weight is 419 g/mol. The summed E-state index contributed by atoms with van der Waals surface area (Å²) in [4.78, 5) is 14.9. The molecule has 3 N–H and O–H groups in total. The van der Waals surface area contributed by atoms with Crippen molar-refractivity contribution in [3.05, 3.63) is 12.2 Å². The summed E-state index contributed by atoms with van der Waals surface area (Å²) in [5.41, 5.74) is 0.315. The third kappa shape index (κ3) is 2.75. The molecule has 168 valence electrons. The number of rotatable bonds is 1. The van der Waals surface area contributed by atoms with Crippen LogP contribution < -0.4 is 5.32 Å². The Hall–Kier alpha value is -1.11. The van der Waals surface area contributed by atoms with Gasteiger partial charge < -0.3 is 25.2 Å². The van der Waals surface area contributed by atoms with Crippen molar-refractivity contribution in [2.24, 2.45) is 28.6 Å². The standard InChI is InChI=1S/C24H38N2O4/c1-15-16-13-17(27)19-22(2)6-4-7-23(3,25-21(29)26-9-11-30-12-10-26)18(22)5-8-24(19,14-16)20(15)28/h16-20,27-28H,1,4-14H2,2-3H3,(H,25,29)/t16-,17-,18-,19-,20+,22+,23+,24+/m0/s1. The van der Waals surface area contributed by atoms with E-state index in [4.69, 9.17) is 4.74 Å². The maximum Gasteiger partial charge on any atom is 0.317 e. The van der Waals surface area contributed by atoms with Gasteiger partial charge in [-0.3, -0.25) is 0 Å². The van der Waals surface area contributed by atoms with E-state index in [0.29, 0.717) is 32.2 Å². The molecule has 1 saturated heterocycles. The molecule has 0 unspecified atom stereocenters. The summed E-state index contributed by atoms with van der Waals surface area (Å²) in [5.74, 6) is 0.614. The van der Waals surface area contributed by atoms with Crippen molar-refractivity contribution in [1.82, 2.24) is 10.2 Å². The number of carbonyl (C=O) groups excluding carboxylic acids is 1. The number of carbonyl (C=O) groups is 1. The molecule has 2 bridgehead atoms. The summed E-state index contributed by atoms with van der Waals surface area (Å²) in [6.45, 7) is 11.2. The number of hydrogen-bond acceptors (Lipinski definition) is 4. The van der Waals surface area contributed by atoms with Gasteiger partial charge in [0.05, 0.1) is 25.4 Å². The Morgan fingerprint density at radius 3 is 2.67 bits per heavy atom. The summed E-state index contributed by atoms with van der Waals surface area (Å²) in [7, 11) is 0. The van der Waals surface area contributed by atoms with Gasteiger partial charge in [0.2, 0.25) is 0 Å². The van der Waals surface area contributed by atoms with Gasteiger partial charge in [-0.25, -0.2) is 4.79 Å². The van der Waals surface area contributed by atoms with Crippen LogP contribution >= 0.6 is 0 Å². The fourth-order valence-corrected chi connectivity index (χ4v) is 8.71. The quantitative estimate of drug-likeness (QED) is 0.572. The van der Waals surface area contributed by atoms with Crippen LogP contribution in [0, 0.1) is 28.6 Å². The SMILES string of the molecule is C=C1[C@H]2C[C@H](O)[C@H]3[C@]4(C)CCC[C@@](C)(NC(=O)N5CCOCC5)[C@H]4CC[C@]3(C2)[C@@H]1O. The second kappa shape index (κ2) is 6.94. The van der Waals surface area contributed by atoms with Crippen molar-refractivity contribution in [2.45, 2.75) is 76.5 Å². The number of amides is 2. The molecule has 30 heavy (non-hydrogen) atoms. The van der Waals surface area contributed by atoms with Crippen LogP contribution in [0.3, 0.4) is 0 Å². The average Bonchev–Trinajstić information content (AvgIpc) is 2.89. The minimum absolute atomic E-state index is 0.0175. The number of hydrogen-bond donors (Lipinski definition) is 3. The zero-order valence-corrected chi connectivity index (χ0v) is 18.5. The highest BCUT2D eigenvalue weighted by Gasteiger charge is 2.69. The largest absolute Gasteiger partial charge is 0.393 e. The third-order valence-electron chi connectivity index (χ3n) is 9.85. The number of nitrogens with zero attached hydrogens (tertiary/aromatic N) is 1. The van der Waals surface area contributed by atoms with Gasteiger partial charge in [-0.1, -0.05) is 19.9 Å². The molecule has 6 nitrogen and oxygen atoms in total. The van der Waals surface area contributed by atoms with E-state index < -0.39 is 12.2 Å². The molecule has 0 aromatic carbocycles. The molecule has 8 atom stereocenters. The van der Waals surface area contributed by atoms with Gasteiger partial charge in [-0.05, 0) is 74.2 Å². The van der Waals surface area contributed by atoms with Gasteiger partial charge >= 0.3 is 6.03 Å². The Balaban J connectivity index is 1.44. The molecule has 5 fully saturated rings. The minimum Gasteiger partial charge on any atom is -0.393 e. The Morgan fingerprint density at radius 2 is 1.93 bits per heavy atom. The summed E-state index contributed by atoms with van der Waals surface area (Å²) >= 11 is 0. The zero-order chi connectivity index (χ0) is 21.3. The van der Waals surface area contributed by atoms with Crippen LogP contribution in [-0.2, 0) is 4.74 Å². The molecular weight excluding hydrogens is 380 g/mol. The van der Waals surface area contributed by atoms with Crippen LogP contribution in [-0.4, -0.2) is 65.2 Å². The topological polar surface area (TPSA) is 82.0 Å². The molecule has 2 amide bonds. The smallest absolute Gasteiger partial charge is 0.317 e. The number of aliphatic hydroxyl groups is 2. The van der Waals surface area contributed by atoms with Gasteiger partial charge in [-0.15, -0.1) is 0 Å². The molecule has 1 aliphatic heterocycles. The van der Waals surface area contributed by atoms with E-state index in [1.165, 1.54) is 0 Å². The Morgan fingerprint density at radius 1 is 1.20 bits per heavy atom. The molecule has 4 aliphatic carbocycles. The number of fused-ring (bicyclic) bond motifs is 3. The second-order valence-electron chi connectivity index (χ2n) is 11.3. The van der Waals surface area contributed by atoms with Crippen molar-refractivity contribution in [1.29, 1.82) is 0 Å². The maximum atomic E-state index is 13.1. The molecule has 1 spiro atoms. The van der Waals surface area contributed by atoms with Gasteiger partial charge in [0.25, 0.3) is 0 Å². The Labute approximate surface area is 180 Å². The predicted octanol–water partition coefficient (Wildman–Crippen LogP) is 2.69. The van der Waals surface area contributed by atoms with Crippen LogP contribution in [0.1, 0.15) is 58.8 Å². The first-order valence-corrected chi connectivity index (χ1v) is 11.9. The zero-order valence-electron chi connectivity index (χ0n) is 18.5. The number of urea groups is 1. The predicted molar refractivity (Wildman–Crippen MR) is 114 cm³/mol. The third-order valence-corrected chi connectivity index (χ3v) is 9.85. The van der Waals surface area contributed by atoms with Crippen LogP contribution in [0.5, 0.6) is 0 Å². The lowest BCUT2D eigenvalue weighted by atomic mass is 9.41. The van der Waals surface area contributed by atoms with E-state index in [1.807, 2.05) is 4.90 Å². The molecule has 0 aromatic rings. The molecule has 5 aliphatic rings. The van der Waals surface area contributed by atoms with E-state index in [2.05, 4.69) is 25.7 Å². The van der Waals surface area contributed by atoms with Crippen molar-refractivity contribution >= 4 is 6.03 Å². The number of nitrogens with one attached hydrogen (secondary N) is 1. The summed E-state index contributed by atoms with van der Waals surface area (Å²) in [6.07, 6.45) is 5.74. The number of aliphatic hydroxyl groups excluding tert-OH is 2. The monoisotopic (exact) mass is 418 g/mol. The van der Waals surface area contributed by atoms with Gasteiger partial charge in [-0.2, -0.15) is 0 Å². The van der Waals surface area contributed by atoms with Crippen molar-refractivity contribution in [2.75, 3.05) is 26.3 Å². The molecule has 5 rings (SSSR count). The summed E-state index contributed by atoms with van der Waals surface area (Å²) in [6, 6.07) is 0.0175. The van der Waals surface area contributed by atoms with Gasteiger partial charge in [0, 0.05) is 24.0 Å². The van der Waals surface area contributed by atoms with Crippen LogP contribution in [0.2, 0.25) is 0 Å². The molecule has 0 aromatic heterocycles.